The molecular formula is C10H15NOS. The van der Waals surface area contributed by atoms with E-state index >= 15 is 0 Å². The van der Waals surface area contributed by atoms with E-state index < -0.39 is 6.10 Å². The van der Waals surface area contributed by atoms with Crippen LogP contribution in [0.5, 0.6) is 0 Å². The van der Waals surface area contributed by atoms with Crippen molar-refractivity contribution < 1.29 is 5.11 Å². The highest BCUT2D eigenvalue weighted by Crippen LogP contribution is 2.20. The van der Waals surface area contributed by atoms with Crippen LogP contribution in [-0.2, 0) is 0 Å². The number of hydrogen-bond acceptors (Lipinski definition) is 3. The monoisotopic (exact) mass is 197 g/mol. The Hall–Kier alpha value is -0.510. The molecule has 0 spiro atoms. The Balaban J connectivity index is 2.67. The Bertz CT molecular complexity index is 248. The highest BCUT2D eigenvalue weighted by atomic mass is 32.2. The van der Waals surface area contributed by atoms with E-state index in [1.54, 1.807) is 11.8 Å². The van der Waals surface area contributed by atoms with E-state index in [4.69, 9.17) is 5.73 Å². The van der Waals surface area contributed by atoms with Gasteiger partial charge in [0.15, 0.2) is 0 Å². The molecule has 0 saturated heterocycles. The fraction of sp³-hybridized carbons (Fsp3) is 0.400. The molecule has 1 rings (SSSR count). The number of rotatable bonds is 4. The molecule has 0 saturated carbocycles. The number of nitrogens with two attached hydrogens (primary N) is 1. The molecule has 0 aromatic heterocycles. The molecule has 13 heavy (non-hydrogen) atoms. The molecule has 1 aromatic carbocycles. The Morgan fingerprint density at radius 1 is 1.38 bits per heavy atom. The molecule has 1 atom stereocenters. The summed E-state index contributed by atoms with van der Waals surface area (Å²) in [7, 11) is 0. The SMILES string of the molecule is CSc1ccc([C@@H](O)CCN)cc1. The third-order valence-corrected chi connectivity index (χ3v) is 2.68. The van der Waals surface area contributed by atoms with Crippen LogP contribution in [0, 0.1) is 0 Å². The second-order valence-corrected chi connectivity index (χ2v) is 3.75. The first-order chi connectivity index (χ1) is 6.27. The number of aliphatic hydroxyl groups excluding tert-OH is 1. The van der Waals surface area contributed by atoms with Gasteiger partial charge in [-0.05, 0) is 36.9 Å². The summed E-state index contributed by atoms with van der Waals surface area (Å²) < 4.78 is 0. The van der Waals surface area contributed by atoms with Crippen molar-refractivity contribution in [3.8, 4) is 0 Å². The number of aliphatic hydroxyl groups is 1. The van der Waals surface area contributed by atoms with E-state index in [1.807, 2.05) is 30.5 Å². The molecule has 3 N–H and O–H groups in total. The van der Waals surface area contributed by atoms with Crippen LogP contribution in [0.1, 0.15) is 18.1 Å². The van der Waals surface area contributed by atoms with Gasteiger partial charge >= 0.3 is 0 Å². The molecule has 3 heteroatoms. The lowest BCUT2D eigenvalue weighted by Crippen LogP contribution is -2.06. The van der Waals surface area contributed by atoms with Crippen LogP contribution >= 0.6 is 11.8 Å². The summed E-state index contributed by atoms with van der Waals surface area (Å²) in [5.41, 5.74) is 6.31. The molecule has 0 aliphatic heterocycles. The smallest absolute Gasteiger partial charge is 0.0802 e. The predicted molar refractivity (Wildman–Crippen MR) is 56.9 cm³/mol. The minimum atomic E-state index is -0.416. The Kier molecular flexibility index (Phi) is 4.28. The summed E-state index contributed by atoms with van der Waals surface area (Å²) in [5, 5.41) is 9.60. The lowest BCUT2D eigenvalue weighted by molar-refractivity contribution is 0.170. The zero-order chi connectivity index (χ0) is 9.68. The molecule has 0 fully saturated rings. The fourth-order valence-corrected chi connectivity index (χ4v) is 1.56. The predicted octanol–water partition coefficient (Wildman–Crippen LogP) is 1.79. The van der Waals surface area contributed by atoms with Gasteiger partial charge in [-0.2, -0.15) is 0 Å². The second kappa shape index (κ2) is 5.27. The minimum Gasteiger partial charge on any atom is -0.388 e. The highest BCUT2D eigenvalue weighted by Gasteiger charge is 2.05. The zero-order valence-electron chi connectivity index (χ0n) is 7.73. The van der Waals surface area contributed by atoms with Gasteiger partial charge < -0.3 is 10.8 Å². The summed E-state index contributed by atoms with van der Waals surface area (Å²) in [6, 6.07) is 7.93. The number of benzene rings is 1. The Labute approximate surface area is 83.1 Å². The molecule has 1 aromatic rings. The maximum atomic E-state index is 9.60. The van der Waals surface area contributed by atoms with Crippen LogP contribution in [0.15, 0.2) is 29.2 Å². The number of hydrogen-bond donors (Lipinski definition) is 2. The van der Waals surface area contributed by atoms with Crippen LogP contribution in [0.4, 0.5) is 0 Å². The van der Waals surface area contributed by atoms with Crippen molar-refractivity contribution in [3.05, 3.63) is 29.8 Å². The molecule has 0 bridgehead atoms. The summed E-state index contributed by atoms with van der Waals surface area (Å²) in [6.45, 7) is 0.519. The highest BCUT2D eigenvalue weighted by molar-refractivity contribution is 7.98. The van der Waals surface area contributed by atoms with Gasteiger partial charge in [0, 0.05) is 4.90 Å². The standard InChI is InChI=1S/C10H15NOS/c1-13-9-4-2-8(3-5-9)10(12)6-7-11/h2-5,10,12H,6-7,11H2,1H3/t10-/m0/s1. The van der Waals surface area contributed by atoms with Crippen molar-refractivity contribution in [2.45, 2.75) is 17.4 Å². The average Bonchev–Trinajstić information content (AvgIpc) is 2.18. The second-order valence-electron chi connectivity index (χ2n) is 2.87. The summed E-state index contributed by atoms with van der Waals surface area (Å²) >= 11 is 1.70. The minimum absolute atomic E-state index is 0.416. The van der Waals surface area contributed by atoms with E-state index in [1.165, 1.54) is 4.90 Å². The topological polar surface area (TPSA) is 46.2 Å². The lowest BCUT2D eigenvalue weighted by Gasteiger charge is -2.09. The molecule has 0 aliphatic carbocycles. The van der Waals surface area contributed by atoms with Gasteiger partial charge in [-0.3, -0.25) is 0 Å². The summed E-state index contributed by atoms with van der Waals surface area (Å²) in [6.07, 6.45) is 2.24. The van der Waals surface area contributed by atoms with Crippen LogP contribution < -0.4 is 5.73 Å². The molecule has 0 radical (unpaired) electrons. The molecule has 0 heterocycles. The largest absolute Gasteiger partial charge is 0.388 e. The van der Waals surface area contributed by atoms with Gasteiger partial charge in [0.1, 0.15) is 0 Å². The van der Waals surface area contributed by atoms with Crippen molar-refractivity contribution in [2.24, 2.45) is 5.73 Å². The molecule has 72 valence electrons. The van der Waals surface area contributed by atoms with Crippen LogP contribution in [-0.4, -0.2) is 17.9 Å². The third kappa shape index (κ3) is 3.03. The van der Waals surface area contributed by atoms with E-state index in [-0.39, 0.29) is 0 Å². The van der Waals surface area contributed by atoms with Gasteiger partial charge in [-0.1, -0.05) is 12.1 Å². The van der Waals surface area contributed by atoms with E-state index in [2.05, 4.69) is 0 Å². The Morgan fingerprint density at radius 3 is 2.46 bits per heavy atom. The first-order valence-corrected chi connectivity index (χ1v) is 5.52. The van der Waals surface area contributed by atoms with Crippen molar-refractivity contribution in [1.82, 2.24) is 0 Å². The van der Waals surface area contributed by atoms with E-state index in [0.29, 0.717) is 13.0 Å². The van der Waals surface area contributed by atoms with Gasteiger partial charge in [0.25, 0.3) is 0 Å². The average molecular weight is 197 g/mol. The zero-order valence-corrected chi connectivity index (χ0v) is 8.55. The third-order valence-electron chi connectivity index (χ3n) is 1.94. The van der Waals surface area contributed by atoms with E-state index in [9.17, 15) is 5.11 Å². The van der Waals surface area contributed by atoms with Crippen molar-refractivity contribution in [3.63, 3.8) is 0 Å². The fourth-order valence-electron chi connectivity index (χ4n) is 1.15. The maximum Gasteiger partial charge on any atom is 0.0802 e. The first kappa shape index (κ1) is 10.6. The molecule has 0 aliphatic rings. The number of thioether (sulfide) groups is 1. The summed E-state index contributed by atoms with van der Waals surface area (Å²) in [4.78, 5) is 1.21. The van der Waals surface area contributed by atoms with Crippen molar-refractivity contribution in [1.29, 1.82) is 0 Å². The molecule has 0 unspecified atom stereocenters. The first-order valence-electron chi connectivity index (χ1n) is 4.30. The van der Waals surface area contributed by atoms with Gasteiger partial charge in [0.05, 0.1) is 6.10 Å². The van der Waals surface area contributed by atoms with Gasteiger partial charge in [-0.25, -0.2) is 0 Å². The quantitative estimate of drug-likeness (QED) is 0.723. The Morgan fingerprint density at radius 2 is 2.00 bits per heavy atom. The molecular weight excluding hydrogens is 182 g/mol. The van der Waals surface area contributed by atoms with E-state index in [0.717, 1.165) is 5.56 Å². The molecule has 2 nitrogen and oxygen atoms in total. The van der Waals surface area contributed by atoms with Crippen LogP contribution in [0.2, 0.25) is 0 Å². The lowest BCUT2D eigenvalue weighted by atomic mass is 10.1. The summed E-state index contributed by atoms with van der Waals surface area (Å²) in [5.74, 6) is 0. The maximum absolute atomic E-state index is 9.60. The van der Waals surface area contributed by atoms with Gasteiger partial charge in [-0.15, -0.1) is 11.8 Å². The van der Waals surface area contributed by atoms with Crippen LogP contribution in [0.3, 0.4) is 0 Å². The van der Waals surface area contributed by atoms with Crippen molar-refractivity contribution >= 4 is 11.8 Å². The van der Waals surface area contributed by atoms with Crippen molar-refractivity contribution in [2.75, 3.05) is 12.8 Å². The molecule has 0 amide bonds. The normalized spacial score (nSPS) is 12.8. The van der Waals surface area contributed by atoms with Crippen LogP contribution in [0.25, 0.3) is 0 Å². The van der Waals surface area contributed by atoms with Gasteiger partial charge in [0.2, 0.25) is 0 Å².